The van der Waals surface area contributed by atoms with Gasteiger partial charge >= 0.3 is 0 Å². The highest BCUT2D eigenvalue weighted by atomic mass is 32.1. The van der Waals surface area contributed by atoms with E-state index in [1.165, 1.54) is 30.7 Å². The Morgan fingerprint density at radius 2 is 2.24 bits per heavy atom. The minimum Gasteiger partial charge on any atom is -0.330 e. The van der Waals surface area contributed by atoms with E-state index in [2.05, 4.69) is 24.2 Å². The van der Waals surface area contributed by atoms with Crippen LogP contribution in [0.2, 0.25) is 0 Å². The number of aromatic nitrogens is 1. The minimum atomic E-state index is 0.724. The van der Waals surface area contributed by atoms with Crippen molar-refractivity contribution in [2.24, 2.45) is 23.5 Å². The molecule has 17 heavy (non-hydrogen) atoms. The van der Waals surface area contributed by atoms with Gasteiger partial charge in [-0.05, 0) is 44.1 Å². The molecule has 1 saturated carbocycles. The van der Waals surface area contributed by atoms with E-state index in [1.54, 1.807) is 0 Å². The molecule has 3 unspecified atom stereocenters. The van der Waals surface area contributed by atoms with Crippen LogP contribution in [0.25, 0.3) is 0 Å². The summed E-state index contributed by atoms with van der Waals surface area (Å²) in [6, 6.07) is 0. The van der Waals surface area contributed by atoms with Crippen LogP contribution < -0.4 is 5.73 Å². The molecule has 2 rings (SSSR count). The van der Waals surface area contributed by atoms with Crippen molar-refractivity contribution in [3.63, 3.8) is 0 Å². The van der Waals surface area contributed by atoms with Gasteiger partial charge in [0.05, 0.1) is 5.01 Å². The van der Waals surface area contributed by atoms with Crippen molar-refractivity contribution in [2.45, 2.75) is 46.0 Å². The van der Waals surface area contributed by atoms with E-state index in [1.807, 2.05) is 11.3 Å². The number of aryl methyl sites for hydroxylation is 1. The van der Waals surface area contributed by atoms with E-state index in [0.29, 0.717) is 0 Å². The summed E-state index contributed by atoms with van der Waals surface area (Å²) in [5.41, 5.74) is 7.09. The van der Waals surface area contributed by atoms with Crippen LogP contribution >= 0.6 is 11.3 Å². The third kappa shape index (κ3) is 3.29. The van der Waals surface area contributed by atoms with Gasteiger partial charge in [-0.2, -0.15) is 0 Å². The summed E-state index contributed by atoms with van der Waals surface area (Å²) in [6.07, 6.45) is 6.54. The molecule has 1 aromatic rings. The second-order valence-electron chi connectivity index (χ2n) is 5.43. The van der Waals surface area contributed by atoms with Gasteiger partial charge in [0.15, 0.2) is 0 Å². The van der Waals surface area contributed by atoms with Crippen molar-refractivity contribution in [1.82, 2.24) is 4.98 Å². The van der Waals surface area contributed by atoms with Gasteiger partial charge in [0, 0.05) is 17.5 Å². The van der Waals surface area contributed by atoms with Gasteiger partial charge in [0.2, 0.25) is 0 Å². The Bertz CT molecular complexity index is 348. The Kier molecular flexibility index (Phi) is 4.57. The summed E-state index contributed by atoms with van der Waals surface area (Å²) in [6.45, 7) is 5.25. The summed E-state index contributed by atoms with van der Waals surface area (Å²) in [7, 11) is 0. The molecule has 1 aliphatic carbocycles. The second-order valence-corrected chi connectivity index (χ2v) is 6.37. The predicted octanol–water partition coefficient (Wildman–Crippen LogP) is 3.40. The SMILES string of the molecule is CCC1CCC(CN)C(Cc2nc(C)cs2)C1. The van der Waals surface area contributed by atoms with Crippen LogP contribution in [0.4, 0.5) is 0 Å². The molecular weight excluding hydrogens is 228 g/mol. The Hall–Kier alpha value is -0.410. The topological polar surface area (TPSA) is 38.9 Å². The zero-order valence-corrected chi connectivity index (χ0v) is 11.8. The number of nitrogens with zero attached hydrogens (tertiary/aromatic N) is 1. The Morgan fingerprint density at radius 1 is 1.41 bits per heavy atom. The lowest BCUT2D eigenvalue weighted by molar-refractivity contribution is 0.179. The Balaban J connectivity index is 2.00. The summed E-state index contributed by atoms with van der Waals surface area (Å²) in [5, 5.41) is 3.47. The molecule has 2 N–H and O–H groups in total. The van der Waals surface area contributed by atoms with Crippen molar-refractivity contribution in [3.05, 3.63) is 16.1 Å². The smallest absolute Gasteiger partial charge is 0.0930 e. The molecule has 1 aliphatic rings. The molecule has 0 aliphatic heterocycles. The molecule has 2 nitrogen and oxygen atoms in total. The first-order chi connectivity index (χ1) is 8.22. The van der Waals surface area contributed by atoms with Crippen molar-refractivity contribution < 1.29 is 0 Å². The maximum absolute atomic E-state index is 5.92. The van der Waals surface area contributed by atoms with E-state index in [9.17, 15) is 0 Å². The lowest BCUT2D eigenvalue weighted by atomic mass is 9.72. The highest BCUT2D eigenvalue weighted by molar-refractivity contribution is 7.09. The highest BCUT2D eigenvalue weighted by Crippen LogP contribution is 2.37. The normalized spacial score (nSPS) is 29.5. The highest BCUT2D eigenvalue weighted by Gasteiger charge is 2.29. The van der Waals surface area contributed by atoms with E-state index >= 15 is 0 Å². The number of nitrogens with two attached hydrogens (primary N) is 1. The molecule has 0 spiro atoms. The lowest BCUT2D eigenvalue weighted by Gasteiger charge is -2.35. The van der Waals surface area contributed by atoms with Crippen molar-refractivity contribution >= 4 is 11.3 Å². The predicted molar refractivity (Wildman–Crippen MR) is 74.2 cm³/mol. The minimum absolute atomic E-state index is 0.724. The van der Waals surface area contributed by atoms with Gasteiger partial charge in [-0.1, -0.05) is 19.8 Å². The second kappa shape index (κ2) is 5.96. The quantitative estimate of drug-likeness (QED) is 0.892. The number of rotatable bonds is 4. The fourth-order valence-electron chi connectivity index (χ4n) is 3.08. The molecule has 0 amide bonds. The number of hydrogen-bond donors (Lipinski definition) is 1. The molecule has 3 atom stereocenters. The maximum Gasteiger partial charge on any atom is 0.0930 e. The fourth-order valence-corrected chi connectivity index (χ4v) is 3.94. The average molecular weight is 252 g/mol. The van der Waals surface area contributed by atoms with E-state index in [0.717, 1.165) is 36.4 Å². The Labute approximate surface area is 109 Å². The third-order valence-electron chi connectivity index (χ3n) is 4.23. The zero-order valence-electron chi connectivity index (χ0n) is 11.0. The van der Waals surface area contributed by atoms with Crippen molar-refractivity contribution in [1.29, 1.82) is 0 Å². The Morgan fingerprint density at radius 3 is 2.82 bits per heavy atom. The number of hydrogen-bond acceptors (Lipinski definition) is 3. The van der Waals surface area contributed by atoms with E-state index in [-0.39, 0.29) is 0 Å². The van der Waals surface area contributed by atoms with Gasteiger partial charge in [-0.25, -0.2) is 4.98 Å². The summed E-state index contributed by atoms with van der Waals surface area (Å²) in [4.78, 5) is 4.60. The molecule has 96 valence electrons. The van der Waals surface area contributed by atoms with Crippen LogP contribution in [-0.4, -0.2) is 11.5 Å². The molecule has 0 saturated heterocycles. The van der Waals surface area contributed by atoms with Crippen molar-refractivity contribution in [3.8, 4) is 0 Å². The van der Waals surface area contributed by atoms with Gasteiger partial charge in [-0.3, -0.25) is 0 Å². The third-order valence-corrected chi connectivity index (χ3v) is 5.22. The average Bonchev–Trinajstić information content (AvgIpc) is 2.74. The van der Waals surface area contributed by atoms with Crippen LogP contribution in [-0.2, 0) is 6.42 Å². The molecule has 1 heterocycles. The van der Waals surface area contributed by atoms with E-state index < -0.39 is 0 Å². The van der Waals surface area contributed by atoms with Gasteiger partial charge < -0.3 is 5.73 Å². The van der Waals surface area contributed by atoms with Crippen LogP contribution in [0.15, 0.2) is 5.38 Å². The first-order valence-corrected chi connectivity index (χ1v) is 7.72. The maximum atomic E-state index is 5.92. The molecule has 0 bridgehead atoms. The molecule has 0 aromatic carbocycles. The van der Waals surface area contributed by atoms with Crippen molar-refractivity contribution in [2.75, 3.05) is 6.54 Å². The van der Waals surface area contributed by atoms with Gasteiger partial charge in [-0.15, -0.1) is 11.3 Å². The van der Waals surface area contributed by atoms with Gasteiger partial charge in [0.25, 0.3) is 0 Å². The molecule has 0 radical (unpaired) electrons. The van der Waals surface area contributed by atoms with Crippen LogP contribution in [0.3, 0.4) is 0 Å². The summed E-state index contributed by atoms with van der Waals surface area (Å²) >= 11 is 1.81. The number of thiazole rings is 1. The summed E-state index contributed by atoms with van der Waals surface area (Å²) < 4.78 is 0. The zero-order chi connectivity index (χ0) is 12.3. The van der Waals surface area contributed by atoms with Gasteiger partial charge in [0.1, 0.15) is 0 Å². The standard InChI is InChI=1S/C14H24N2S/c1-3-11-4-5-12(8-15)13(6-11)7-14-16-10(2)9-17-14/h9,11-13H,3-8,15H2,1-2H3. The fraction of sp³-hybridized carbons (Fsp3) is 0.786. The first kappa shape index (κ1) is 13.0. The van der Waals surface area contributed by atoms with Crippen LogP contribution in [0.1, 0.15) is 43.3 Å². The lowest BCUT2D eigenvalue weighted by Crippen LogP contribution is -2.31. The van der Waals surface area contributed by atoms with Crippen LogP contribution in [0, 0.1) is 24.7 Å². The molecule has 1 fully saturated rings. The monoisotopic (exact) mass is 252 g/mol. The van der Waals surface area contributed by atoms with E-state index in [4.69, 9.17) is 5.73 Å². The molecule has 3 heteroatoms. The largest absolute Gasteiger partial charge is 0.330 e. The first-order valence-electron chi connectivity index (χ1n) is 6.84. The summed E-state index contributed by atoms with van der Waals surface area (Å²) in [5.74, 6) is 2.41. The van der Waals surface area contributed by atoms with Crippen LogP contribution in [0.5, 0.6) is 0 Å². The molecule has 1 aromatic heterocycles. The molecular formula is C14H24N2S.